The van der Waals surface area contributed by atoms with Gasteiger partial charge in [-0.3, -0.25) is 4.79 Å². The molecule has 0 radical (unpaired) electrons. The fraction of sp³-hybridized carbons (Fsp3) is 0.429. The summed E-state index contributed by atoms with van der Waals surface area (Å²) in [5.41, 5.74) is 1.76. The molecule has 1 aromatic carbocycles. The summed E-state index contributed by atoms with van der Waals surface area (Å²) in [7, 11) is 2.13. The van der Waals surface area contributed by atoms with Crippen molar-refractivity contribution in [2.75, 3.05) is 51.3 Å². The van der Waals surface area contributed by atoms with E-state index in [4.69, 9.17) is 21.1 Å². The lowest BCUT2D eigenvalue weighted by atomic mass is 10.1. The number of amides is 1. The highest BCUT2D eigenvalue weighted by Gasteiger charge is 2.18. The van der Waals surface area contributed by atoms with Gasteiger partial charge in [-0.1, -0.05) is 17.7 Å². The van der Waals surface area contributed by atoms with Crippen molar-refractivity contribution in [3.05, 3.63) is 46.6 Å². The van der Waals surface area contributed by atoms with Gasteiger partial charge < -0.3 is 24.6 Å². The van der Waals surface area contributed by atoms with Crippen molar-refractivity contribution in [3.63, 3.8) is 0 Å². The second-order valence-electron chi connectivity index (χ2n) is 7.37. The fourth-order valence-electron chi connectivity index (χ4n) is 3.46. The van der Waals surface area contributed by atoms with Crippen molar-refractivity contribution < 1.29 is 14.3 Å². The van der Waals surface area contributed by atoms with E-state index in [2.05, 4.69) is 27.1 Å². The van der Waals surface area contributed by atoms with Gasteiger partial charge in [0.25, 0.3) is 0 Å². The van der Waals surface area contributed by atoms with Gasteiger partial charge in [-0.2, -0.15) is 0 Å². The highest BCUT2D eigenvalue weighted by Crippen LogP contribution is 2.38. The van der Waals surface area contributed by atoms with Crippen LogP contribution < -0.4 is 19.7 Å². The van der Waals surface area contributed by atoms with Crippen molar-refractivity contribution in [2.45, 2.75) is 13.0 Å². The summed E-state index contributed by atoms with van der Waals surface area (Å²) < 4.78 is 11.1. The molecular weight excluding hydrogens is 392 g/mol. The Morgan fingerprint density at radius 2 is 1.93 bits per heavy atom. The highest BCUT2D eigenvalue weighted by molar-refractivity contribution is 6.32. The third-order valence-corrected chi connectivity index (χ3v) is 5.43. The van der Waals surface area contributed by atoms with Crippen LogP contribution in [0.2, 0.25) is 5.02 Å². The SMILES string of the molecule is CN1CCN(c2ccc(CNC(=O)Cc3cc(Cl)c4c(c3)OCCO4)cn2)CC1. The molecule has 7 nitrogen and oxygen atoms in total. The van der Waals surface area contributed by atoms with Crippen LogP contribution >= 0.6 is 11.6 Å². The zero-order valence-electron chi connectivity index (χ0n) is 16.5. The number of piperazine rings is 1. The Hall–Kier alpha value is -2.51. The van der Waals surface area contributed by atoms with Crippen LogP contribution in [-0.4, -0.2) is 62.2 Å². The third-order valence-electron chi connectivity index (χ3n) is 5.15. The summed E-state index contributed by atoms with van der Waals surface area (Å²) in [6, 6.07) is 7.60. The minimum Gasteiger partial charge on any atom is -0.486 e. The number of ether oxygens (including phenoxy) is 2. The van der Waals surface area contributed by atoms with Gasteiger partial charge in [0, 0.05) is 38.9 Å². The molecule has 4 rings (SSSR count). The zero-order chi connectivity index (χ0) is 20.2. The van der Waals surface area contributed by atoms with E-state index in [1.807, 2.05) is 24.4 Å². The summed E-state index contributed by atoms with van der Waals surface area (Å²) in [4.78, 5) is 21.5. The molecule has 154 valence electrons. The molecule has 2 aliphatic heterocycles. The molecule has 3 heterocycles. The first-order chi connectivity index (χ1) is 14.1. The standard InChI is InChI=1S/C21H25ClN4O3/c1-25-4-6-26(7-5-25)19-3-2-15(13-23-19)14-24-20(27)12-16-10-17(22)21-18(11-16)28-8-9-29-21/h2-3,10-11,13H,4-9,12,14H2,1H3,(H,24,27). The normalized spacial score (nSPS) is 16.6. The van der Waals surface area contributed by atoms with Crippen LogP contribution in [0.4, 0.5) is 5.82 Å². The number of benzene rings is 1. The summed E-state index contributed by atoms with van der Waals surface area (Å²) in [5, 5.41) is 3.40. The average Bonchev–Trinajstić information content (AvgIpc) is 2.73. The predicted molar refractivity (Wildman–Crippen MR) is 112 cm³/mol. The number of carbonyl (C=O) groups excluding carboxylic acids is 1. The lowest BCUT2D eigenvalue weighted by molar-refractivity contribution is -0.120. The summed E-state index contributed by atoms with van der Waals surface area (Å²) in [6.45, 7) is 5.46. The molecule has 0 saturated carbocycles. The molecule has 1 fully saturated rings. The largest absolute Gasteiger partial charge is 0.486 e. The first-order valence-corrected chi connectivity index (χ1v) is 10.2. The molecule has 8 heteroatoms. The van der Waals surface area contributed by atoms with Crippen LogP contribution in [0.15, 0.2) is 30.5 Å². The number of pyridine rings is 1. The molecule has 0 unspecified atom stereocenters. The molecule has 0 aliphatic carbocycles. The highest BCUT2D eigenvalue weighted by atomic mass is 35.5. The number of hydrogen-bond donors (Lipinski definition) is 1. The van der Waals surface area contributed by atoms with Gasteiger partial charge in [-0.25, -0.2) is 4.98 Å². The van der Waals surface area contributed by atoms with Crippen LogP contribution in [0.5, 0.6) is 11.5 Å². The average molecular weight is 417 g/mol. The third kappa shape index (κ3) is 4.92. The predicted octanol–water partition coefficient (Wildman–Crippen LogP) is 2.12. The molecule has 0 bridgehead atoms. The monoisotopic (exact) mass is 416 g/mol. The Kier molecular flexibility index (Phi) is 6.06. The number of aromatic nitrogens is 1. The Labute approximate surface area is 175 Å². The molecule has 2 aliphatic rings. The minimum atomic E-state index is -0.0825. The second-order valence-corrected chi connectivity index (χ2v) is 7.78. The first kappa shape index (κ1) is 19.8. The topological polar surface area (TPSA) is 66.9 Å². The molecule has 29 heavy (non-hydrogen) atoms. The maximum atomic E-state index is 12.4. The summed E-state index contributed by atoms with van der Waals surface area (Å²) >= 11 is 6.24. The molecular formula is C21H25ClN4O3. The number of fused-ring (bicyclic) bond motifs is 1. The molecule has 1 aromatic heterocycles. The van der Waals surface area contributed by atoms with Crippen molar-refractivity contribution in [3.8, 4) is 11.5 Å². The van der Waals surface area contributed by atoms with E-state index in [9.17, 15) is 4.79 Å². The fourth-order valence-corrected chi connectivity index (χ4v) is 3.75. The van der Waals surface area contributed by atoms with E-state index >= 15 is 0 Å². The molecule has 0 spiro atoms. The first-order valence-electron chi connectivity index (χ1n) is 9.81. The number of hydrogen-bond acceptors (Lipinski definition) is 6. The quantitative estimate of drug-likeness (QED) is 0.805. The van der Waals surface area contributed by atoms with Gasteiger partial charge in [0.05, 0.1) is 11.4 Å². The molecule has 2 aromatic rings. The van der Waals surface area contributed by atoms with E-state index in [1.165, 1.54) is 0 Å². The van der Waals surface area contributed by atoms with E-state index in [-0.39, 0.29) is 12.3 Å². The molecule has 1 amide bonds. The number of nitrogens with one attached hydrogen (secondary N) is 1. The van der Waals surface area contributed by atoms with Gasteiger partial charge >= 0.3 is 0 Å². The lowest BCUT2D eigenvalue weighted by Gasteiger charge is -2.33. The van der Waals surface area contributed by atoms with Crippen LogP contribution in [-0.2, 0) is 17.8 Å². The van der Waals surface area contributed by atoms with Crippen molar-refractivity contribution in [1.29, 1.82) is 0 Å². The number of nitrogens with zero attached hydrogens (tertiary/aromatic N) is 3. The van der Waals surface area contributed by atoms with E-state index in [0.717, 1.165) is 43.1 Å². The van der Waals surface area contributed by atoms with Gasteiger partial charge in [0.2, 0.25) is 5.91 Å². The Bertz CT molecular complexity index is 867. The van der Waals surface area contributed by atoms with Gasteiger partial charge in [0.15, 0.2) is 11.5 Å². The van der Waals surface area contributed by atoms with E-state index in [0.29, 0.717) is 36.3 Å². The van der Waals surface area contributed by atoms with Crippen LogP contribution in [0.1, 0.15) is 11.1 Å². The molecule has 1 saturated heterocycles. The van der Waals surface area contributed by atoms with E-state index < -0.39 is 0 Å². The second kappa shape index (κ2) is 8.88. The summed E-state index contributed by atoms with van der Waals surface area (Å²) in [6.07, 6.45) is 2.05. The van der Waals surface area contributed by atoms with Crippen molar-refractivity contribution >= 4 is 23.3 Å². The van der Waals surface area contributed by atoms with Gasteiger partial charge in [-0.05, 0) is 36.4 Å². The molecule has 1 N–H and O–H groups in total. The van der Waals surface area contributed by atoms with Crippen molar-refractivity contribution in [2.24, 2.45) is 0 Å². The minimum absolute atomic E-state index is 0.0825. The number of carbonyl (C=O) groups is 1. The number of anilines is 1. The number of halogens is 1. The van der Waals surface area contributed by atoms with Gasteiger partial charge in [0.1, 0.15) is 19.0 Å². The van der Waals surface area contributed by atoms with Crippen LogP contribution in [0, 0.1) is 0 Å². The van der Waals surface area contributed by atoms with Crippen LogP contribution in [0.25, 0.3) is 0 Å². The smallest absolute Gasteiger partial charge is 0.224 e. The summed E-state index contributed by atoms with van der Waals surface area (Å²) in [5.74, 6) is 2.05. The van der Waals surface area contributed by atoms with Crippen LogP contribution in [0.3, 0.4) is 0 Å². The lowest BCUT2D eigenvalue weighted by Crippen LogP contribution is -2.44. The maximum Gasteiger partial charge on any atom is 0.224 e. The Balaban J connectivity index is 1.30. The zero-order valence-corrected chi connectivity index (χ0v) is 17.2. The van der Waals surface area contributed by atoms with Gasteiger partial charge in [-0.15, -0.1) is 0 Å². The molecule has 0 atom stereocenters. The number of rotatable bonds is 5. The maximum absolute atomic E-state index is 12.4. The Morgan fingerprint density at radius 3 is 2.69 bits per heavy atom. The van der Waals surface area contributed by atoms with Crippen molar-refractivity contribution in [1.82, 2.24) is 15.2 Å². The number of likely N-dealkylation sites (N-methyl/N-ethyl adjacent to an activating group) is 1. The Morgan fingerprint density at radius 1 is 1.14 bits per heavy atom. The van der Waals surface area contributed by atoms with E-state index in [1.54, 1.807) is 6.07 Å².